The first-order chi connectivity index (χ1) is 14.6. The van der Waals surface area contributed by atoms with Crippen molar-refractivity contribution in [3.63, 3.8) is 0 Å². The number of likely N-dealkylation sites (N-methyl/N-ethyl adjacent to an activating group) is 1. The zero-order valence-electron chi connectivity index (χ0n) is 17.1. The first-order valence-electron chi connectivity index (χ1n) is 9.38. The third kappa shape index (κ3) is 5.08. The van der Waals surface area contributed by atoms with E-state index in [1.165, 1.54) is 12.1 Å². The maximum absolute atomic E-state index is 13.7. The Morgan fingerprint density at radius 1 is 1.16 bits per heavy atom. The van der Waals surface area contributed by atoms with E-state index in [-0.39, 0.29) is 18.3 Å². The van der Waals surface area contributed by atoms with Crippen LogP contribution in [0.5, 0.6) is 0 Å². The number of alkyl halides is 3. The average molecular weight is 435 g/mol. The van der Waals surface area contributed by atoms with Gasteiger partial charge < -0.3 is 10.2 Å². The lowest BCUT2D eigenvalue weighted by atomic mass is 10.0. The third-order valence-electron chi connectivity index (χ3n) is 4.75. The van der Waals surface area contributed by atoms with Crippen LogP contribution < -0.4 is 5.32 Å². The molecular weight excluding hydrogens is 414 g/mol. The smallest absolute Gasteiger partial charge is 0.349 e. The van der Waals surface area contributed by atoms with Gasteiger partial charge in [-0.25, -0.2) is 9.07 Å². The summed E-state index contributed by atoms with van der Waals surface area (Å²) < 4.78 is 55.1. The van der Waals surface area contributed by atoms with Gasteiger partial charge in [0, 0.05) is 6.54 Å². The van der Waals surface area contributed by atoms with Crippen molar-refractivity contribution in [2.45, 2.75) is 19.1 Å². The molecule has 31 heavy (non-hydrogen) atoms. The summed E-state index contributed by atoms with van der Waals surface area (Å²) >= 11 is 0. The fourth-order valence-electron chi connectivity index (χ4n) is 3.14. The van der Waals surface area contributed by atoms with Crippen LogP contribution in [-0.2, 0) is 6.18 Å². The van der Waals surface area contributed by atoms with Crippen LogP contribution in [-0.4, -0.2) is 46.4 Å². The summed E-state index contributed by atoms with van der Waals surface area (Å²) in [6.45, 7) is 2.00. The highest BCUT2D eigenvalue weighted by atomic mass is 19.4. The number of carbonyl (C=O) groups excluding carboxylic acids is 1. The molecule has 1 unspecified atom stereocenters. The van der Waals surface area contributed by atoms with Crippen LogP contribution in [0, 0.1) is 12.7 Å². The Bertz CT molecular complexity index is 1060. The first-order valence-corrected chi connectivity index (χ1v) is 9.38. The summed E-state index contributed by atoms with van der Waals surface area (Å²) in [5, 5.41) is 9.41. The maximum Gasteiger partial charge on any atom is 0.435 e. The van der Waals surface area contributed by atoms with E-state index >= 15 is 0 Å². The quantitative estimate of drug-likeness (QED) is 0.599. The predicted octanol–water partition coefficient (Wildman–Crippen LogP) is 3.77. The minimum atomic E-state index is -4.93. The minimum absolute atomic E-state index is 0.0546. The molecule has 6 nitrogen and oxygen atoms in total. The average Bonchev–Trinajstić information content (AvgIpc) is 3.15. The molecule has 1 N–H and O–H groups in total. The molecule has 0 saturated heterocycles. The van der Waals surface area contributed by atoms with Gasteiger partial charge in [0.05, 0.1) is 11.7 Å². The molecule has 0 aliphatic heterocycles. The molecule has 0 radical (unpaired) electrons. The van der Waals surface area contributed by atoms with E-state index in [2.05, 4.69) is 15.6 Å². The molecule has 0 bridgehead atoms. The number of benzene rings is 2. The van der Waals surface area contributed by atoms with Gasteiger partial charge in [-0.3, -0.25) is 4.79 Å². The largest absolute Gasteiger partial charge is 0.435 e. The predicted molar refractivity (Wildman–Crippen MR) is 106 cm³/mol. The van der Waals surface area contributed by atoms with Gasteiger partial charge in [0.15, 0.2) is 11.4 Å². The number of nitrogens with zero attached hydrogens (tertiary/aromatic N) is 4. The summed E-state index contributed by atoms with van der Waals surface area (Å²) in [5.74, 6) is -1.76. The molecule has 0 saturated carbocycles. The molecule has 1 atom stereocenters. The SMILES string of the molecule is Cc1ccc(C(CNC(=O)c2nnn(-c3cccc(F)c3)c2C(F)(F)F)N(C)C)cc1. The van der Waals surface area contributed by atoms with Crippen LogP contribution in [0.1, 0.15) is 33.4 Å². The number of rotatable bonds is 6. The van der Waals surface area contributed by atoms with Gasteiger partial charge in [-0.05, 0) is 44.8 Å². The molecule has 0 fully saturated rings. The van der Waals surface area contributed by atoms with Gasteiger partial charge in [-0.1, -0.05) is 41.1 Å². The molecule has 1 amide bonds. The zero-order chi connectivity index (χ0) is 22.8. The van der Waals surface area contributed by atoms with Gasteiger partial charge in [0.2, 0.25) is 0 Å². The van der Waals surface area contributed by atoms with Crippen molar-refractivity contribution >= 4 is 5.91 Å². The minimum Gasteiger partial charge on any atom is -0.349 e. The summed E-state index contributed by atoms with van der Waals surface area (Å²) in [5.41, 5.74) is -0.473. The van der Waals surface area contributed by atoms with Crippen LogP contribution in [0.3, 0.4) is 0 Å². The summed E-state index contributed by atoms with van der Waals surface area (Å²) in [4.78, 5) is 14.5. The van der Waals surface area contributed by atoms with E-state index in [1.807, 2.05) is 36.1 Å². The molecule has 0 spiro atoms. The molecule has 10 heteroatoms. The van der Waals surface area contributed by atoms with Crippen molar-refractivity contribution in [2.24, 2.45) is 0 Å². The number of aromatic nitrogens is 3. The molecule has 2 aromatic carbocycles. The van der Waals surface area contributed by atoms with Gasteiger partial charge in [-0.15, -0.1) is 5.10 Å². The molecule has 0 aliphatic carbocycles. The van der Waals surface area contributed by atoms with E-state index < -0.39 is 29.3 Å². The molecule has 164 valence electrons. The van der Waals surface area contributed by atoms with E-state index in [0.29, 0.717) is 4.68 Å². The first kappa shape index (κ1) is 22.4. The second kappa shape index (κ2) is 8.84. The van der Waals surface area contributed by atoms with Crippen molar-refractivity contribution in [1.82, 2.24) is 25.2 Å². The fraction of sp³-hybridized carbons (Fsp3) is 0.286. The lowest BCUT2D eigenvalue weighted by Crippen LogP contribution is -2.35. The normalized spacial score (nSPS) is 12.8. The standard InChI is InChI=1S/C21H21F4N5O/c1-13-7-9-14(10-8-13)17(29(2)3)12-26-20(31)18-19(21(23,24)25)30(28-27-18)16-6-4-5-15(22)11-16/h4-11,17H,12H2,1-3H3,(H,26,31). The Balaban J connectivity index is 1.88. The number of amides is 1. The summed E-state index contributed by atoms with van der Waals surface area (Å²) in [6, 6.07) is 11.8. The number of hydrogen-bond acceptors (Lipinski definition) is 4. The topological polar surface area (TPSA) is 63.1 Å². The molecule has 3 rings (SSSR count). The fourth-order valence-corrected chi connectivity index (χ4v) is 3.14. The van der Waals surface area contributed by atoms with Crippen LogP contribution in [0.2, 0.25) is 0 Å². The van der Waals surface area contributed by atoms with E-state index in [1.54, 1.807) is 14.1 Å². The lowest BCUT2D eigenvalue weighted by molar-refractivity contribution is -0.143. The Labute approximate surface area is 176 Å². The Hall–Kier alpha value is -3.27. The van der Waals surface area contributed by atoms with Gasteiger partial charge in [0.25, 0.3) is 5.91 Å². The van der Waals surface area contributed by atoms with Crippen molar-refractivity contribution in [2.75, 3.05) is 20.6 Å². The van der Waals surface area contributed by atoms with Crippen molar-refractivity contribution in [3.8, 4) is 5.69 Å². The van der Waals surface area contributed by atoms with Crippen molar-refractivity contribution < 1.29 is 22.4 Å². The highest BCUT2D eigenvalue weighted by Gasteiger charge is 2.42. The zero-order valence-corrected chi connectivity index (χ0v) is 17.1. The lowest BCUT2D eigenvalue weighted by Gasteiger charge is -2.25. The molecule has 1 heterocycles. The van der Waals surface area contributed by atoms with Gasteiger partial charge in [0.1, 0.15) is 5.82 Å². The van der Waals surface area contributed by atoms with Crippen LogP contribution in [0.15, 0.2) is 48.5 Å². The number of nitrogens with one attached hydrogen (secondary N) is 1. The van der Waals surface area contributed by atoms with Crippen LogP contribution in [0.25, 0.3) is 5.69 Å². The number of hydrogen-bond donors (Lipinski definition) is 1. The Morgan fingerprint density at radius 3 is 2.42 bits per heavy atom. The second-order valence-electron chi connectivity index (χ2n) is 7.28. The Morgan fingerprint density at radius 2 is 1.84 bits per heavy atom. The van der Waals surface area contributed by atoms with Crippen LogP contribution in [0.4, 0.5) is 17.6 Å². The van der Waals surface area contributed by atoms with Crippen molar-refractivity contribution in [3.05, 3.63) is 76.9 Å². The maximum atomic E-state index is 13.7. The Kier molecular flexibility index (Phi) is 6.40. The monoisotopic (exact) mass is 435 g/mol. The third-order valence-corrected chi connectivity index (χ3v) is 4.75. The summed E-state index contributed by atoms with van der Waals surface area (Å²) in [6.07, 6.45) is -4.93. The molecule has 1 aromatic heterocycles. The van der Waals surface area contributed by atoms with E-state index in [9.17, 15) is 22.4 Å². The summed E-state index contributed by atoms with van der Waals surface area (Å²) in [7, 11) is 3.61. The van der Waals surface area contributed by atoms with Gasteiger partial charge in [-0.2, -0.15) is 13.2 Å². The molecule has 0 aliphatic rings. The van der Waals surface area contributed by atoms with Crippen LogP contribution >= 0.6 is 0 Å². The number of carbonyl (C=O) groups is 1. The second-order valence-corrected chi connectivity index (χ2v) is 7.28. The number of aryl methyl sites for hydroxylation is 1. The highest BCUT2D eigenvalue weighted by molar-refractivity contribution is 5.93. The number of halogens is 4. The van der Waals surface area contributed by atoms with Crippen molar-refractivity contribution in [1.29, 1.82) is 0 Å². The van der Waals surface area contributed by atoms with E-state index in [0.717, 1.165) is 23.3 Å². The molecule has 3 aromatic rings. The molecular formula is C21H21F4N5O. The highest BCUT2D eigenvalue weighted by Crippen LogP contribution is 2.33. The van der Waals surface area contributed by atoms with Gasteiger partial charge >= 0.3 is 6.18 Å². The van der Waals surface area contributed by atoms with E-state index in [4.69, 9.17) is 0 Å².